The zero-order valence-electron chi connectivity index (χ0n) is 12.6. The van der Waals surface area contributed by atoms with Gasteiger partial charge in [-0.2, -0.15) is 18.3 Å². The summed E-state index contributed by atoms with van der Waals surface area (Å²) >= 11 is 0. The van der Waals surface area contributed by atoms with Gasteiger partial charge in [0, 0.05) is 19.0 Å². The summed E-state index contributed by atoms with van der Waals surface area (Å²) in [6.45, 7) is 2.70. The van der Waals surface area contributed by atoms with E-state index in [0.717, 1.165) is 0 Å². The number of hydrogen-bond donors (Lipinski definition) is 2. The SMILES string of the molecule is CC(C)[C@@H](NC(=O)c1cnn2cc(CCO)cnc12)C(F)(F)F. The van der Waals surface area contributed by atoms with Crippen molar-refractivity contribution in [3.05, 3.63) is 29.7 Å². The van der Waals surface area contributed by atoms with E-state index >= 15 is 0 Å². The zero-order valence-corrected chi connectivity index (χ0v) is 12.6. The average molecular weight is 330 g/mol. The Hall–Kier alpha value is -2.16. The lowest BCUT2D eigenvalue weighted by Crippen LogP contribution is -2.48. The van der Waals surface area contributed by atoms with E-state index < -0.39 is 24.0 Å². The number of aliphatic hydroxyl groups is 1. The molecule has 1 atom stereocenters. The van der Waals surface area contributed by atoms with Crippen LogP contribution in [0.1, 0.15) is 29.8 Å². The van der Waals surface area contributed by atoms with E-state index in [-0.39, 0.29) is 17.8 Å². The van der Waals surface area contributed by atoms with Crippen LogP contribution in [0.4, 0.5) is 13.2 Å². The van der Waals surface area contributed by atoms with Crippen molar-refractivity contribution in [2.24, 2.45) is 5.92 Å². The van der Waals surface area contributed by atoms with E-state index in [1.807, 2.05) is 5.32 Å². The fourth-order valence-corrected chi connectivity index (χ4v) is 2.18. The summed E-state index contributed by atoms with van der Waals surface area (Å²) in [6, 6.07) is -1.95. The predicted molar refractivity (Wildman–Crippen MR) is 75.9 cm³/mol. The standard InChI is InChI=1S/C14H17F3N4O2/c1-8(2)11(14(15,16)17)20-13(23)10-6-19-21-7-9(3-4-22)5-18-12(10)21/h5-8,11,22H,3-4H2,1-2H3,(H,20,23)/t11-/m1/s1. The van der Waals surface area contributed by atoms with Gasteiger partial charge in [-0.1, -0.05) is 13.8 Å². The Morgan fingerprint density at radius 3 is 2.65 bits per heavy atom. The van der Waals surface area contributed by atoms with E-state index in [1.165, 1.54) is 30.8 Å². The van der Waals surface area contributed by atoms with Crippen LogP contribution in [0.2, 0.25) is 0 Å². The monoisotopic (exact) mass is 330 g/mol. The van der Waals surface area contributed by atoms with Gasteiger partial charge in [0.25, 0.3) is 5.91 Å². The van der Waals surface area contributed by atoms with Crippen LogP contribution < -0.4 is 5.32 Å². The lowest BCUT2D eigenvalue weighted by atomic mass is 10.0. The highest BCUT2D eigenvalue weighted by atomic mass is 19.4. The molecule has 2 aromatic heterocycles. The normalized spacial score (nSPS) is 13.5. The second-order valence-electron chi connectivity index (χ2n) is 5.50. The third-order valence-corrected chi connectivity index (χ3v) is 3.36. The van der Waals surface area contributed by atoms with Crippen LogP contribution in [0, 0.1) is 5.92 Å². The summed E-state index contributed by atoms with van der Waals surface area (Å²) in [5.74, 6) is -1.68. The summed E-state index contributed by atoms with van der Waals surface area (Å²) in [4.78, 5) is 16.2. The highest BCUT2D eigenvalue weighted by Crippen LogP contribution is 2.26. The maximum absolute atomic E-state index is 12.9. The number of aliphatic hydroxyl groups excluding tert-OH is 1. The number of rotatable bonds is 5. The molecule has 0 saturated carbocycles. The minimum absolute atomic E-state index is 0.0320. The number of nitrogens with zero attached hydrogens (tertiary/aromatic N) is 3. The van der Waals surface area contributed by atoms with Crippen LogP contribution in [0.25, 0.3) is 5.65 Å². The molecule has 126 valence electrons. The Kier molecular flexibility index (Phi) is 4.88. The largest absolute Gasteiger partial charge is 0.408 e. The number of nitrogens with one attached hydrogen (secondary N) is 1. The van der Waals surface area contributed by atoms with Crippen molar-refractivity contribution in [1.29, 1.82) is 0 Å². The number of carbonyl (C=O) groups is 1. The molecular weight excluding hydrogens is 313 g/mol. The van der Waals surface area contributed by atoms with E-state index in [4.69, 9.17) is 5.11 Å². The molecule has 0 fully saturated rings. The summed E-state index contributed by atoms with van der Waals surface area (Å²) < 4.78 is 40.2. The van der Waals surface area contributed by atoms with Crippen molar-refractivity contribution >= 4 is 11.6 Å². The van der Waals surface area contributed by atoms with Crippen molar-refractivity contribution in [3.63, 3.8) is 0 Å². The van der Waals surface area contributed by atoms with Crippen LogP contribution in [0.3, 0.4) is 0 Å². The van der Waals surface area contributed by atoms with Gasteiger partial charge in [0.2, 0.25) is 0 Å². The highest BCUT2D eigenvalue weighted by molar-refractivity contribution is 5.99. The van der Waals surface area contributed by atoms with Gasteiger partial charge in [-0.3, -0.25) is 4.79 Å². The van der Waals surface area contributed by atoms with E-state index in [2.05, 4.69) is 10.1 Å². The minimum Gasteiger partial charge on any atom is -0.396 e. The molecule has 2 rings (SSSR count). The van der Waals surface area contributed by atoms with Crippen LogP contribution >= 0.6 is 0 Å². The Bertz CT molecular complexity index is 697. The molecule has 2 N–H and O–H groups in total. The van der Waals surface area contributed by atoms with Crippen molar-refractivity contribution in [3.8, 4) is 0 Å². The third-order valence-electron chi connectivity index (χ3n) is 3.36. The molecule has 0 radical (unpaired) electrons. The van der Waals surface area contributed by atoms with Crippen molar-refractivity contribution in [2.45, 2.75) is 32.5 Å². The Morgan fingerprint density at radius 2 is 2.09 bits per heavy atom. The van der Waals surface area contributed by atoms with Gasteiger partial charge in [0.15, 0.2) is 5.65 Å². The van der Waals surface area contributed by atoms with Gasteiger partial charge < -0.3 is 10.4 Å². The number of amides is 1. The molecule has 0 aliphatic rings. The third kappa shape index (κ3) is 3.79. The molecule has 0 spiro atoms. The van der Waals surface area contributed by atoms with E-state index in [0.29, 0.717) is 12.0 Å². The minimum atomic E-state index is -4.53. The molecule has 0 aliphatic heterocycles. The predicted octanol–water partition coefficient (Wildman–Crippen LogP) is 1.58. The van der Waals surface area contributed by atoms with Crippen LogP contribution in [0.5, 0.6) is 0 Å². The van der Waals surface area contributed by atoms with Crippen LogP contribution in [-0.2, 0) is 6.42 Å². The number of carbonyl (C=O) groups excluding carboxylic acids is 1. The Morgan fingerprint density at radius 1 is 1.39 bits per heavy atom. The van der Waals surface area contributed by atoms with Gasteiger partial charge >= 0.3 is 6.18 Å². The van der Waals surface area contributed by atoms with Gasteiger partial charge in [-0.15, -0.1) is 0 Å². The molecule has 9 heteroatoms. The number of aromatic nitrogens is 3. The van der Waals surface area contributed by atoms with Crippen molar-refractivity contribution in [2.75, 3.05) is 6.61 Å². The number of fused-ring (bicyclic) bond motifs is 1. The molecule has 2 heterocycles. The van der Waals surface area contributed by atoms with Crippen LogP contribution in [0.15, 0.2) is 18.6 Å². The molecule has 23 heavy (non-hydrogen) atoms. The van der Waals surface area contributed by atoms with E-state index in [9.17, 15) is 18.0 Å². The van der Waals surface area contributed by atoms with Gasteiger partial charge in [-0.25, -0.2) is 9.50 Å². The maximum Gasteiger partial charge on any atom is 0.408 e. The van der Waals surface area contributed by atoms with E-state index in [1.54, 1.807) is 6.20 Å². The maximum atomic E-state index is 12.9. The number of halogens is 3. The second-order valence-corrected chi connectivity index (χ2v) is 5.50. The average Bonchev–Trinajstić information content (AvgIpc) is 2.86. The lowest BCUT2D eigenvalue weighted by Gasteiger charge is -2.24. The first-order valence-electron chi connectivity index (χ1n) is 7.04. The number of alkyl halides is 3. The summed E-state index contributed by atoms with van der Waals surface area (Å²) in [5, 5.41) is 14.8. The topological polar surface area (TPSA) is 79.5 Å². The molecule has 0 aliphatic carbocycles. The smallest absolute Gasteiger partial charge is 0.396 e. The lowest BCUT2D eigenvalue weighted by molar-refractivity contribution is -0.162. The first-order valence-corrected chi connectivity index (χ1v) is 7.04. The second kappa shape index (κ2) is 6.53. The fourth-order valence-electron chi connectivity index (χ4n) is 2.18. The van der Waals surface area contributed by atoms with Crippen molar-refractivity contribution in [1.82, 2.24) is 19.9 Å². The molecule has 2 aromatic rings. The molecular formula is C14H17F3N4O2. The Balaban J connectivity index is 2.27. The molecule has 0 saturated heterocycles. The molecule has 0 aromatic carbocycles. The first-order chi connectivity index (χ1) is 10.7. The summed E-state index contributed by atoms with van der Waals surface area (Å²) in [5.41, 5.74) is 0.828. The number of hydrogen-bond acceptors (Lipinski definition) is 4. The van der Waals surface area contributed by atoms with Gasteiger partial charge in [0.1, 0.15) is 11.6 Å². The van der Waals surface area contributed by atoms with Crippen molar-refractivity contribution < 1.29 is 23.1 Å². The first kappa shape index (κ1) is 17.2. The molecule has 0 unspecified atom stereocenters. The quantitative estimate of drug-likeness (QED) is 0.872. The molecule has 0 bridgehead atoms. The highest BCUT2D eigenvalue weighted by Gasteiger charge is 2.42. The van der Waals surface area contributed by atoms with Gasteiger partial charge in [-0.05, 0) is 17.9 Å². The summed E-state index contributed by atoms with van der Waals surface area (Å²) in [6.07, 6.45) is 0.0310. The van der Waals surface area contributed by atoms with Crippen LogP contribution in [-0.4, -0.2) is 44.4 Å². The zero-order chi connectivity index (χ0) is 17.2. The molecule has 6 nitrogen and oxygen atoms in total. The fraction of sp³-hybridized carbons (Fsp3) is 0.500. The van der Waals surface area contributed by atoms with Gasteiger partial charge in [0.05, 0.1) is 6.20 Å². The molecule has 1 amide bonds. The Labute approximate surface area is 130 Å². The summed E-state index contributed by atoms with van der Waals surface area (Å²) in [7, 11) is 0.